The number of nitrogens with one attached hydrogen (secondary N) is 1. The van der Waals surface area contributed by atoms with Crippen LogP contribution >= 0.6 is 24.0 Å². The topological polar surface area (TPSA) is 32.3 Å². The van der Waals surface area contributed by atoms with Gasteiger partial charge in [0, 0.05) is 0 Å². The van der Waals surface area contributed by atoms with Gasteiger partial charge in [0.25, 0.3) is 0 Å². The van der Waals surface area contributed by atoms with E-state index in [4.69, 9.17) is 5.21 Å². The fraction of sp³-hybridized carbons (Fsp3) is 0.667. The van der Waals surface area contributed by atoms with E-state index >= 15 is 0 Å². The van der Waals surface area contributed by atoms with E-state index in [-0.39, 0.29) is 0 Å². The minimum absolute atomic E-state index is 0.433. The van der Waals surface area contributed by atoms with Crippen molar-refractivity contribution in [3.63, 3.8) is 0 Å². The molecule has 0 aromatic carbocycles. The van der Waals surface area contributed by atoms with Crippen molar-refractivity contribution in [1.29, 1.82) is 0 Å². The van der Waals surface area contributed by atoms with Crippen LogP contribution in [0.5, 0.6) is 0 Å². The molecule has 2 nitrogen and oxygen atoms in total. The maximum absolute atomic E-state index is 8.05. The zero-order chi connectivity index (χ0) is 5.70. The Kier molecular flexibility index (Phi) is 4.49. The van der Waals surface area contributed by atoms with Gasteiger partial charge in [-0.2, -0.15) is 0 Å². The summed E-state index contributed by atoms with van der Waals surface area (Å²) in [7, 11) is 0. The van der Waals surface area contributed by atoms with Crippen LogP contribution in [0.15, 0.2) is 0 Å². The number of thiocarbonyl (C=S) groups is 1. The maximum atomic E-state index is 8.05. The summed E-state index contributed by atoms with van der Waals surface area (Å²) in [6.07, 6.45) is 0. The van der Waals surface area contributed by atoms with Crippen LogP contribution in [0, 0.1) is 0 Å². The molecule has 7 heavy (non-hydrogen) atoms. The van der Waals surface area contributed by atoms with E-state index in [0.717, 1.165) is 5.75 Å². The van der Waals surface area contributed by atoms with Gasteiger partial charge in [-0.05, 0) is 5.75 Å². The molecule has 0 aliphatic rings. The summed E-state index contributed by atoms with van der Waals surface area (Å²) in [5, 5.41) is 8.05. The predicted octanol–water partition coefficient (Wildman–Crippen LogP) is 1.00. The highest BCUT2D eigenvalue weighted by Gasteiger charge is 1.86. The standard InChI is InChI=1S/C3H7NOS2/c1-2-7-3(6)4-5/h5H,2H2,1H3,(H,4,6). The normalized spacial score (nSPS) is 8.29. The molecule has 0 saturated heterocycles. The van der Waals surface area contributed by atoms with Crippen LogP contribution in [-0.4, -0.2) is 15.3 Å². The van der Waals surface area contributed by atoms with Crippen molar-refractivity contribution in [2.24, 2.45) is 0 Å². The molecule has 0 rings (SSSR count). The van der Waals surface area contributed by atoms with E-state index in [0.29, 0.717) is 4.32 Å². The van der Waals surface area contributed by atoms with Crippen LogP contribution < -0.4 is 5.48 Å². The lowest BCUT2D eigenvalue weighted by Gasteiger charge is -1.93. The van der Waals surface area contributed by atoms with Crippen LogP contribution in [0.2, 0.25) is 0 Å². The third kappa shape index (κ3) is 4.04. The summed E-state index contributed by atoms with van der Waals surface area (Å²) < 4.78 is 0.433. The predicted molar refractivity (Wildman–Crippen MR) is 35.7 cm³/mol. The summed E-state index contributed by atoms with van der Waals surface area (Å²) in [6.45, 7) is 1.97. The smallest absolute Gasteiger partial charge is 0.157 e. The summed E-state index contributed by atoms with van der Waals surface area (Å²) in [4.78, 5) is 0. The van der Waals surface area contributed by atoms with Crippen LogP contribution in [0.3, 0.4) is 0 Å². The summed E-state index contributed by atoms with van der Waals surface area (Å²) in [5.41, 5.74) is 1.86. The summed E-state index contributed by atoms with van der Waals surface area (Å²) in [5.74, 6) is 0.895. The van der Waals surface area contributed by atoms with Crippen molar-refractivity contribution in [2.75, 3.05) is 5.75 Å². The molecule has 42 valence electrons. The van der Waals surface area contributed by atoms with Crippen LogP contribution in [0.4, 0.5) is 0 Å². The van der Waals surface area contributed by atoms with E-state index in [1.165, 1.54) is 11.8 Å². The lowest BCUT2D eigenvalue weighted by Crippen LogP contribution is -2.11. The second-order valence-corrected chi connectivity index (χ2v) is 2.77. The number of thioether (sulfide) groups is 1. The lowest BCUT2D eigenvalue weighted by atomic mass is 11.0. The van der Waals surface area contributed by atoms with E-state index in [1.807, 2.05) is 12.4 Å². The second kappa shape index (κ2) is 4.36. The molecule has 0 heterocycles. The Bertz CT molecular complexity index is 66.0. The monoisotopic (exact) mass is 137 g/mol. The van der Waals surface area contributed by atoms with Gasteiger partial charge >= 0.3 is 0 Å². The number of hydrogen-bond acceptors (Lipinski definition) is 3. The molecule has 0 aromatic rings. The molecule has 0 atom stereocenters. The molecule has 0 aliphatic carbocycles. The van der Waals surface area contributed by atoms with Crippen LogP contribution in [-0.2, 0) is 0 Å². The zero-order valence-electron chi connectivity index (χ0n) is 3.97. The first kappa shape index (κ1) is 7.20. The molecule has 0 saturated carbocycles. The highest BCUT2D eigenvalue weighted by Crippen LogP contribution is 1.97. The van der Waals surface area contributed by atoms with Gasteiger partial charge in [-0.25, -0.2) is 0 Å². The quantitative estimate of drug-likeness (QED) is 0.417. The summed E-state index contributed by atoms with van der Waals surface area (Å²) in [6, 6.07) is 0. The van der Waals surface area contributed by atoms with Gasteiger partial charge in [-0.15, -0.1) is 0 Å². The van der Waals surface area contributed by atoms with E-state index < -0.39 is 0 Å². The van der Waals surface area contributed by atoms with Crippen LogP contribution in [0.1, 0.15) is 6.92 Å². The lowest BCUT2D eigenvalue weighted by molar-refractivity contribution is 0.240. The molecular formula is C3H7NOS2. The van der Waals surface area contributed by atoms with Crippen molar-refractivity contribution in [3.05, 3.63) is 0 Å². The molecule has 0 radical (unpaired) electrons. The largest absolute Gasteiger partial charge is 0.290 e. The Morgan fingerprint density at radius 3 is 2.71 bits per heavy atom. The highest BCUT2D eigenvalue weighted by atomic mass is 32.2. The van der Waals surface area contributed by atoms with Crippen molar-refractivity contribution in [3.8, 4) is 0 Å². The van der Waals surface area contributed by atoms with Crippen molar-refractivity contribution in [1.82, 2.24) is 5.48 Å². The number of hydrogen-bond donors (Lipinski definition) is 2. The Hall–Kier alpha value is 0.200. The minimum atomic E-state index is 0.433. The molecule has 0 aliphatic heterocycles. The van der Waals surface area contributed by atoms with Gasteiger partial charge in [0.2, 0.25) is 0 Å². The molecule has 0 amide bonds. The van der Waals surface area contributed by atoms with Crippen LogP contribution in [0.25, 0.3) is 0 Å². The maximum Gasteiger partial charge on any atom is 0.157 e. The van der Waals surface area contributed by atoms with E-state index in [9.17, 15) is 0 Å². The first-order chi connectivity index (χ1) is 3.31. The molecule has 0 aromatic heterocycles. The van der Waals surface area contributed by atoms with E-state index in [2.05, 4.69) is 12.2 Å². The first-order valence-corrected chi connectivity index (χ1v) is 3.27. The average molecular weight is 137 g/mol. The molecule has 4 heteroatoms. The third-order valence-electron chi connectivity index (χ3n) is 0.367. The molecule has 2 N–H and O–H groups in total. The first-order valence-electron chi connectivity index (χ1n) is 1.88. The Balaban J connectivity index is 3.00. The molecule has 0 spiro atoms. The number of rotatable bonds is 1. The number of hydroxylamine groups is 1. The fourth-order valence-corrected chi connectivity index (χ4v) is 0.844. The van der Waals surface area contributed by atoms with Crippen molar-refractivity contribution in [2.45, 2.75) is 6.92 Å². The van der Waals surface area contributed by atoms with Crippen molar-refractivity contribution < 1.29 is 5.21 Å². The van der Waals surface area contributed by atoms with Gasteiger partial charge in [0.15, 0.2) is 4.32 Å². The van der Waals surface area contributed by atoms with Gasteiger partial charge in [0.05, 0.1) is 0 Å². The Morgan fingerprint density at radius 2 is 2.57 bits per heavy atom. The second-order valence-electron chi connectivity index (χ2n) is 0.832. The van der Waals surface area contributed by atoms with Gasteiger partial charge < -0.3 is 0 Å². The molecule has 0 bridgehead atoms. The van der Waals surface area contributed by atoms with Gasteiger partial charge in [-0.1, -0.05) is 30.9 Å². The SMILES string of the molecule is CCSC(=S)NO. The summed E-state index contributed by atoms with van der Waals surface area (Å²) >= 11 is 5.96. The minimum Gasteiger partial charge on any atom is -0.290 e. The van der Waals surface area contributed by atoms with Crippen molar-refractivity contribution >= 4 is 28.3 Å². The third-order valence-corrected chi connectivity index (χ3v) is 1.45. The van der Waals surface area contributed by atoms with Gasteiger partial charge in [-0.3, -0.25) is 10.7 Å². The molecule has 0 unspecified atom stereocenters. The Morgan fingerprint density at radius 1 is 2.00 bits per heavy atom. The molecular weight excluding hydrogens is 130 g/mol. The zero-order valence-corrected chi connectivity index (χ0v) is 5.60. The highest BCUT2D eigenvalue weighted by molar-refractivity contribution is 8.22. The Labute approximate surface area is 52.2 Å². The average Bonchev–Trinajstić information content (AvgIpc) is 1.68. The van der Waals surface area contributed by atoms with E-state index in [1.54, 1.807) is 0 Å². The fourth-order valence-electron chi connectivity index (χ4n) is 0.163. The van der Waals surface area contributed by atoms with Gasteiger partial charge in [0.1, 0.15) is 0 Å². The molecule has 0 fully saturated rings.